The highest BCUT2D eigenvalue weighted by atomic mass is 16.2. The van der Waals surface area contributed by atoms with Gasteiger partial charge in [0.15, 0.2) is 0 Å². The van der Waals surface area contributed by atoms with Crippen LogP contribution in [0.2, 0.25) is 0 Å². The smallest absolute Gasteiger partial charge is 0.219 e. The second-order valence-electron chi connectivity index (χ2n) is 9.02. The van der Waals surface area contributed by atoms with Gasteiger partial charge in [0.05, 0.1) is 11.9 Å². The van der Waals surface area contributed by atoms with Crippen LogP contribution in [0.1, 0.15) is 38.4 Å². The van der Waals surface area contributed by atoms with Crippen molar-refractivity contribution in [3.05, 3.63) is 66.9 Å². The summed E-state index contributed by atoms with van der Waals surface area (Å²) in [5, 5.41) is 11.7. The van der Waals surface area contributed by atoms with Crippen LogP contribution in [0.15, 0.2) is 61.1 Å². The van der Waals surface area contributed by atoms with Crippen LogP contribution in [0.25, 0.3) is 22.5 Å². The van der Waals surface area contributed by atoms with E-state index in [-0.39, 0.29) is 17.9 Å². The fraction of sp³-hybridized carbons (Fsp3) is 0.308. The van der Waals surface area contributed by atoms with Crippen molar-refractivity contribution in [3.8, 4) is 22.5 Å². The normalized spacial score (nSPS) is 17.9. The van der Waals surface area contributed by atoms with Crippen molar-refractivity contribution in [2.45, 2.75) is 38.6 Å². The summed E-state index contributed by atoms with van der Waals surface area (Å²) in [5.41, 5.74) is 4.36. The third-order valence-electron chi connectivity index (χ3n) is 6.39. The van der Waals surface area contributed by atoms with E-state index in [2.05, 4.69) is 27.5 Å². The van der Waals surface area contributed by atoms with Crippen LogP contribution in [0.3, 0.4) is 0 Å². The SMILES string of the molecule is CC(=O)N1C[C@H](c2nc(Nc3cccc(-c4cn(C)nn4)c3)cc(-c3cccnc3)n2)CC[C@@H]1C. The highest BCUT2D eigenvalue weighted by Crippen LogP contribution is 2.31. The van der Waals surface area contributed by atoms with E-state index in [1.807, 2.05) is 60.6 Å². The van der Waals surface area contributed by atoms with E-state index in [0.29, 0.717) is 12.4 Å². The van der Waals surface area contributed by atoms with Gasteiger partial charge in [0, 0.05) is 67.8 Å². The van der Waals surface area contributed by atoms with Gasteiger partial charge in [-0.25, -0.2) is 9.97 Å². The summed E-state index contributed by atoms with van der Waals surface area (Å²) >= 11 is 0. The highest BCUT2D eigenvalue weighted by molar-refractivity contribution is 5.74. The Morgan fingerprint density at radius 1 is 1.06 bits per heavy atom. The van der Waals surface area contributed by atoms with E-state index in [0.717, 1.165) is 46.9 Å². The number of likely N-dealkylation sites (tertiary alicyclic amines) is 1. The van der Waals surface area contributed by atoms with Crippen molar-refractivity contribution >= 4 is 17.4 Å². The fourth-order valence-electron chi connectivity index (χ4n) is 4.51. The molecule has 5 rings (SSSR count). The van der Waals surface area contributed by atoms with Crippen LogP contribution >= 0.6 is 0 Å². The number of aromatic nitrogens is 6. The molecule has 1 fully saturated rings. The summed E-state index contributed by atoms with van der Waals surface area (Å²) in [6.45, 7) is 4.35. The maximum Gasteiger partial charge on any atom is 0.219 e. The molecular weight excluding hydrogens is 440 g/mol. The number of hydrogen-bond donors (Lipinski definition) is 1. The number of aryl methyl sites for hydroxylation is 1. The molecule has 1 aliphatic heterocycles. The molecule has 4 heterocycles. The predicted molar refractivity (Wildman–Crippen MR) is 134 cm³/mol. The number of carbonyl (C=O) groups excluding carboxylic acids is 1. The van der Waals surface area contributed by atoms with Gasteiger partial charge in [0.1, 0.15) is 17.3 Å². The molecule has 3 aromatic heterocycles. The van der Waals surface area contributed by atoms with Gasteiger partial charge in [0.2, 0.25) is 5.91 Å². The average Bonchev–Trinajstić information content (AvgIpc) is 3.31. The Morgan fingerprint density at radius 2 is 1.91 bits per heavy atom. The Labute approximate surface area is 204 Å². The second kappa shape index (κ2) is 9.61. The molecule has 0 aliphatic carbocycles. The Morgan fingerprint density at radius 3 is 2.66 bits per heavy atom. The summed E-state index contributed by atoms with van der Waals surface area (Å²) in [5.74, 6) is 1.58. The molecule has 4 aromatic rings. The lowest BCUT2D eigenvalue weighted by molar-refractivity contribution is -0.132. The van der Waals surface area contributed by atoms with E-state index in [9.17, 15) is 4.79 Å². The fourth-order valence-corrected chi connectivity index (χ4v) is 4.51. The number of anilines is 2. The molecule has 0 spiro atoms. The number of rotatable bonds is 5. The molecule has 1 aromatic carbocycles. The Bertz CT molecular complexity index is 1340. The zero-order chi connectivity index (χ0) is 24.4. The third kappa shape index (κ3) is 5.03. The average molecular weight is 469 g/mol. The Balaban J connectivity index is 1.49. The largest absolute Gasteiger partial charge is 0.340 e. The van der Waals surface area contributed by atoms with E-state index in [1.165, 1.54) is 0 Å². The van der Waals surface area contributed by atoms with Gasteiger partial charge < -0.3 is 10.2 Å². The second-order valence-corrected chi connectivity index (χ2v) is 9.02. The zero-order valence-electron chi connectivity index (χ0n) is 20.1. The maximum atomic E-state index is 12.2. The topological polar surface area (TPSA) is 102 Å². The predicted octanol–water partition coefficient (Wildman–Crippen LogP) is 4.19. The van der Waals surface area contributed by atoms with Crippen LogP contribution in [-0.2, 0) is 11.8 Å². The first-order valence-corrected chi connectivity index (χ1v) is 11.8. The molecule has 1 saturated heterocycles. The highest BCUT2D eigenvalue weighted by Gasteiger charge is 2.30. The first-order chi connectivity index (χ1) is 17.0. The number of nitrogens with zero attached hydrogens (tertiary/aromatic N) is 7. The summed E-state index contributed by atoms with van der Waals surface area (Å²) in [7, 11) is 1.85. The van der Waals surface area contributed by atoms with Crippen molar-refractivity contribution in [1.82, 2.24) is 34.8 Å². The van der Waals surface area contributed by atoms with Crippen LogP contribution in [0.5, 0.6) is 0 Å². The molecule has 1 N–H and O–H groups in total. The lowest BCUT2D eigenvalue weighted by Gasteiger charge is -2.37. The van der Waals surface area contributed by atoms with E-state index >= 15 is 0 Å². The summed E-state index contributed by atoms with van der Waals surface area (Å²) < 4.78 is 1.68. The molecule has 35 heavy (non-hydrogen) atoms. The first-order valence-electron chi connectivity index (χ1n) is 11.8. The van der Waals surface area contributed by atoms with Gasteiger partial charge in [-0.1, -0.05) is 17.3 Å². The minimum absolute atomic E-state index is 0.0678. The van der Waals surface area contributed by atoms with Crippen molar-refractivity contribution in [2.75, 3.05) is 11.9 Å². The lowest BCUT2D eigenvalue weighted by Crippen LogP contribution is -2.44. The molecule has 2 atom stereocenters. The third-order valence-corrected chi connectivity index (χ3v) is 6.39. The molecule has 178 valence electrons. The van der Waals surface area contributed by atoms with E-state index in [1.54, 1.807) is 24.0 Å². The maximum absolute atomic E-state index is 12.2. The number of piperidine rings is 1. The van der Waals surface area contributed by atoms with Gasteiger partial charge in [-0.3, -0.25) is 14.5 Å². The zero-order valence-corrected chi connectivity index (χ0v) is 20.1. The molecule has 9 heteroatoms. The van der Waals surface area contributed by atoms with Crippen LogP contribution in [-0.4, -0.2) is 53.3 Å². The summed E-state index contributed by atoms with van der Waals surface area (Å²) in [6, 6.07) is 14.0. The number of carbonyl (C=O) groups is 1. The summed E-state index contributed by atoms with van der Waals surface area (Å²) in [6.07, 6.45) is 7.29. The van der Waals surface area contributed by atoms with Crippen LogP contribution in [0, 0.1) is 0 Å². The number of benzene rings is 1. The van der Waals surface area contributed by atoms with Crippen molar-refractivity contribution in [2.24, 2.45) is 7.05 Å². The first kappa shape index (κ1) is 22.6. The quantitative estimate of drug-likeness (QED) is 0.468. The molecule has 0 saturated carbocycles. The van der Waals surface area contributed by atoms with Crippen molar-refractivity contribution in [1.29, 1.82) is 0 Å². The summed E-state index contributed by atoms with van der Waals surface area (Å²) in [4.78, 5) is 28.2. The number of amides is 1. The Hall–Kier alpha value is -4.14. The van der Waals surface area contributed by atoms with Gasteiger partial charge in [-0.2, -0.15) is 0 Å². The minimum atomic E-state index is 0.0678. The monoisotopic (exact) mass is 468 g/mol. The van der Waals surface area contributed by atoms with Crippen molar-refractivity contribution < 1.29 is 4.79 Å². The molecule has 0 unspecified atom stereocenters. The van der Waals surface area contributed by atoms with E-state index in [4.69, 9.17) is 9.97 Å². The lowest BCUT2D eigenvalue weighted by atomic mass is 9.92. The van der Waals surface area contributed by atoms with Gasteiger partial charge in [-0.15, -0.1) is 5.10 Å². The number of nitrogens with one attached hydrogen (secondary N) is 1. The molecule has 9 nitrogen and oxygen atoms in total. The van der Waals surface area contributed by atoms with Crippen LogP contribution in [0.4, 0.5) is 11.5 Å². The molecule has 1 aliphatic rings. The molecule has 0 bridgehead atoms. The van der Waals surface area contributed by atoms with E-state index < -0.39 is 0 Å². The standard InChI is InChI=1S/C26H28N8O/c1-17-9-10-21(15-34(17)18(2)35)26-29-23(20-7-5-11-27-14-20)13-25(30-26)28-22-8-4-6-19(12-22)24-16-33(3)32-31-24/h4-8,11-14,16-17,21H,9-10,15H2,1-3H3,(H,28,29,30)/t17-,21+/m0/s1. The molecule has 1 amide bonds. The van der Waals surface area contributed by atoms with Crippen LogP contribution < -0.4 is 5.32 Å². The van der Waals surface area contributed by atoms with Gasteiger partial charge >= 0.3 is 0 Å². The van der Waals surface area contributed by atoms with Gasteiger partial charge in [0.25, 0.3) is 0 Å². The minimum Gasteiger partial charge on any atom is -0.340 e. The molecule has 0 radical (unpaired) electrons. The number of hydrogen-bond acceptors (Lipinski definition) is 7. The molecular formula is C26H28N8O. The Kier molecular flexibility index (Phi) is 6.22. The van der Waals surface area contributed by atoms with Crippen molar-refractivity contribution in [3.63, 3.8) is 0 Å². The number of pyridine rings is 1. The van der Waals surface area contributed by atoms with Gasteiger partial charge in [-0.05, 0) is 44.0 Å².